The molecule has 0 atom stereocenters. The van der Waals surface area contributed by atoms with Crippen molar-refractivity contribution < 1.29 is 0 Å². The van der Waals surface area contributed by atoms with Crippen LogP contribution in [0.15, 0.2) is 35.1 Å². The van der Waals surface area contributed by atoms with E-state index >= 15 is 0 Å². The molecule has 0 aliphatic heterocycles. The van der Waals surface area contributed by atoms with E-state index in [9.17, 15) is 4.79 Å². The van der Waals surface area contributed by atoms with Crippen LogP contribution >= 0.6 is 0 Å². The molecule has 0 saturated heterocycles. The summed E-state index contributed by atoms with van der Waals surface area (Å²) in [5.74, 6) is 0. The minimum Gasteiger partial charge on any atom is -0.268 e. The highest BCUT2D eigenvalue weighted by atomic mass is 16.1. The summed E-state index contributed by atoms with van der Waals surface area (Å²) in [4.78, 5) is 11.4. The largest absolute Gasteiger partial charge is 0.268 e. The van der Waals surface area contributed by atoms with Gasteiger partial charge in [0.05, 0.1) is 18.2 Å². The van der Waals surface area contributed by atoms with Crippen molar-refractivity contribution in [1.82, 2.24) is 10.2 Å². The van der Waals surface area contributed by atoms with Crippen LogP contribution in [-0.4, -0.2) is 10.2 Å². The highest BCUT2D eigenvalue weighted by Gasteiger charge is 2.04. The molecule has 1 aromatic heterocycles. The minimum atomic E-state index is -0.303. The molecule has 4 heteroatoms. The van der Waals surface area contributed by atoms with E-state index in [1.165, 1.54) is 0 Å². The van der Waals surface area contributed by atoms with E-state index in [0.717, 1.165) is 11.1 Å². The van der Waals surface area contributed by atoms with Crippen LogP contribution in [0.2, 0.25) is 0 Å². The maximum atomic E-state index is 11.4. The molecule has 0 bridgehead atoms. The zero-order valence-electron chi connectivity index (χ0n) is 9.40. The first-order valence-corrected chi connectivity index (χ1v) is 5.23. The van der Waals surface area contributed by atoms with Gasteiger partial charge in [0, 0.05) is 11.1 Å². The van der Waals surface area contributed by atoms with Crippen molar-refractivity contribution in [1.29, 1.82) is 5.26 Å². The summed E-state index contributed by atoms with van der Waals surface area (Å²) in [7, 11) is 0. The lowest BCUT2D eigenvalue weighted by Gasteiger charge is -2.02. The summed E-state index contributed by atoms with van der Waals surface area (Å²) >= 11 is 0. The molecule has 0 amide bonds. The van der Waals surface area contributed by atoms with Gasteiger partial charge in [-0.05, 0) is 13.0 Å². The second kappa shape index (κ2) is 4.62. The molecule has 0 saturated carbocycles. The molecule has 1 N–H and O–H groups in total. The molecule has 0 fully saturated rings. The van der Waals surface area contributed by atoms with Crippen molar-refractivity contribution in [3.05, 3.63) is 51.8 Å². The fourth-order valence-electron chi connectivity index (χ4n) is 1.53. The van der Waals surface area contributed by atoms with E-state index in [1.807, 2.05) is 37.3 Å². The number of hydrogen-bond donors (Lipinski definition) is 1. The average Bonchev–Trinajstić information content (AvgIpc) is 2.33. The predicted octanol–water partition coefficient (Wildman–Crippen LogP) is 1.81. The number of aromatic nitrogens is 2. The molecule has 1 heterocycles. The lowest BCUT2D eigenvalue weighted by Crippen LogP contribution is -2.14. The molecule has 2 aromatic rings. The van der Waals surface area contributed by atoms with Crippen LogP contribution in [-0.2, 0) is 6.42 Å². The Labute approximate surface area is 98.5 Å². The number of H-pyrrole nitrogens is 1. The van der Waals surface area contributed by atoms with Gasteiger partial charge in [0.2, 0.25) is 0 Å². The number of benzene rings is 1. The number of rotatable bonds is 2. The SMILES string of the molecule is Cc1ccc(-c2cc(CC#N)c(=O)[nH]n2)cc1. The van der Waals surface area contributed by atoms with Gasteiger partial charge < -0.3 is 0 Å². The molecular weight excluding hydrogens is 214 g/mol. The Morgan fingerprint density at radius 2 is 2.06 bits per heavy atom. The third-order valence-electron chi connectivity index (χ3n) is 2.50. The second-order valence-corrected chi connectivity index (χ2v) is 3.81. The van der Waals surface area contributed by atoms with Crippen molar-refractivity contribution in [2.75, 3.05) is 0 Å². The van der Waals surface area contributed by atoms with Crippen LogP contribution < -0.4 is 5.56 Å². The number of nitrogens with one attached hydrogen (secondary N) is 1. The maximum Gasteiger partial charge on any atom is 0.268 e. The summed E-state index contributed by atoms with van der Waals surface area (Å²) in [6.07, 6.45) is 0.0940. The smallest absolute Gasteiger partial charge is 0.268 e. The van der Waals surface area contributed by atoms with Gasteiger partial charge in [-0.3, -0.25) is 4.79 Å². The predicted molar refractivity (Wildman–Crippen MR) is 64.3 cm³/mol. The molecule has 84 valence electrons. The van der Waals surface area contributed by atoms with Crippen molar-refractivity contribution in [2.24, 2.45) is 0 Å². The zero-order valence-corrected chi connectivity index (χ0v) is 9.40. The molecule has 1 aromatic carbocycles. The molecule has 0 aliphatic rings. The Morgan fingerprint density at radius 1 is 1.35 bits per heavy atom. The highest BCUT2D eigenvalue weighted by molar-refractivity contribution is 5.59. The van der Waals surface area contributed by atoms with Crippen molar-refractivity contribution in [2.45, 2.75) is 13.3 Å². The molecule has 2 rings (SSSR count). The number of aromatic amines is 1. The Morgan fingerprint density at radius 3 is 2.71 bits per heavy atom. The summed E-state index contributed by atoms with van der Waals surface area (Å²) < 4.78 is 0. The first-order chi connectivity index (χ1) is 8.20. The topological polar surface area (TPSA) is 69.5 Å². The van der Waals surface area contributed by atoms with E-state index in [1.54, 1.807) is 6.07 Å². The van der Waals surface area contributed by atoms with E-state index < -0.39 is 0 Å². The quantitative estimate of drug-likeness (QED) is 0.847. The van der Waals surface area contributed by atoms with Crippen LogP contribution in [0, 0.1) is 18.3 Å². The van der Waals surface area contributed by atoms with Gasteiger partial charge in [0.25, 0.3) is 5.56 Å². The summed E-state index contributed by atoms with van der Waals surface area (Å²) in [6, 6.07) is 11.5. The number of nitrogens with zero attached hydrogens (tertiary/aromatic N) is 2. The second-order valence-electron chi connectivity index (χ2n) is 3.81. The first kappa shape index (κ1) is 11.1. The van der Waals surface area contributed by atoms with Gasteiger partial charge >= 0.3 is 0 Å². The summed E-state index contributed by atoms with van der Waals surface area (Å²) in [6.45, 7) is 2.01. The Balaban J connectivity index is 2.47. The zero-order chi connectivity index (χ0) is 12.3. The van der Waals surface area contributed by atoms with Gasteiger partial charge in [-0.2, -0.15) is 10.4 Å². The van der Waals surface area contributed by atoms with E-state index in [4.69, 9.17) is 5.26 Å². The number of nitriles is 1. The fraction of sp³-hybridized carbons (Fsp3) is 0.154. The molecule has 0 radical (unpaired) electrons. The molecule has 0 unspecified atom stereocenters. The van der Waals surface area contributed by atoms with Crippen molar-refractivity contribution >= 4 is 0 Å². The van der Waals surface area contributed by atoms with Gasteiger partial charge in [-0.15, -0.1) is 0 Å². The van der Waals surface area contributed by atoms with Crippen molar-refractivity contribution in [3.8, 4) is 17.3 Å². The molecule has 0 aliphatic carbocycles. The van der Waals surface area contributed by atoms with E-state index in [2.05, 4.69) is 10.2 Å². The normalized spacial score (nSPS) is 9.88. The lowest BCUT2D eigenvalue weighted by molar-refractivity contribution is 0.963. The standard InChI is InChI=1S/C13H11N3O/c1-9-2-4-10(5-3-9)12-8-11(6-7-14)13(17)16-15-12/h2-5,8H,6H2,1H3,(H,16,17). The molecule has 4 nitrogen and oxygen atoms in total. The number of hydrogen-bond acceptors (Lipinski definition) is 3. The minimum absolute atomic E-state index is 0.0940. The van der Waals surface area contributed by atoms with E-state index in [-0.39, 0.29) is 12.0 Å². The fourth-order valence-corrected chi connectivity index (χ4v) is 1.53. The van der Waals surface area contributed by atoms with Crippen molar-refractivity contribution in [3.63, 3.8) is 0 Å². The Kier molecular flexibility index (Phi) is 3.01. The average molecular weight is 225 g/mol. The molecule has 0 spiro atoms. The Hall–Kier alpha value is -2.41. The molecular formula is C13H11N3O. The molecule has 17 heavy (non-hydrogen) atoms. The maximum absolute atomic E-state index is 11.4. The van der Waals surface area contributed by atoms with Gasteiger partial charge in [0.15, 0.2) is 0 Å². The summed E-state index contributed by atoms with van der Waals surface area (Å²) in [5.41, 5.74) is 2.90. The van der Waals surface area contributed by atoms with Crippen LogP contribution in [0.4, 0.5) is 0 Å². The van der Waals surface area contributed by atoms with Gasteiger partial charge in [0.1, 0.15) is 0 Å². The first-order valence-electron chi connectivity index (χ1n) is 5.23. The van der Waals surface area contributed by atoms with Gasteiger partial charge in [-0.25, -0.2) is 5.10 Å². The number of aryl methyl sites for hydroxylation is 1. The van der Waals surface area contributed by atoms with E-state index in [0.29, 0.717) is 11.3 Å². The van der Waals surface area contributed by atoms with Crippen LogP contribution in [0.3, 0.4) is 0 Å². The summed E-state index contributed by atoms with van der Waals surface area (Å²) in [5, 5.41) is 15.0. The third kappa shape index (κ3) is 2.40. The highest BCUT2D eigenvalue weighted by Crippen LogP contribution is 2.16. The Bertz CT molecular complexity index is 620. The van der Waals surface area contributed by atoms with Crippen LogP contribution in [0.1, 0.15) is 11.1 Å². The van der Waals surface area contributed by atoms with Gasteiger partial charge in [-0.1, -0.05) is 29.8 Å². The monoisotopic (exact) mass is 225 g/mol. The van der Waals surface area contributed by atoms with Crippen LogP contribution in [0.25, 0.3) is 11.3 Å². The van der Waals surface area contributed by atoms with Crippen LogP contribution in [0.5, 0.6) is 0 Å². The third-order valence-corrected chi connectivity index (χ3v) is 2.50. The lowest BCUT2D eigenvalue weighted by atomic mass is 10.1.